The number of nitrogens with two attached hydrogens (primary N) is 1. The van der Waals surface area contributed by atoms with Crippen LogP contribution in [0.1, 0.15) is 30.2 Å². The molecule has 0 aliphatic rings. The van der Waals surface area contributed by atoms with Crippen LogP contribution in [-0.2, 0) is 12.8 Å². The zero-order valence-electron chi connectivity index (χ0n) is 16.9. The van der Waals surface area contributed by atoms with Crippen LogP contribution >= 0.6 is 12.4 Å². The lowest BCUT2D eigenvalue weighted by Gasteiger charge is -2.17. The Balaban J connectivity index is 0.00000320. The summed E-state index contributed by atoms with van der Waals surface area (Å²) in [6.45, 7) is 2.03. The van der Waals surface area contributed by atoms with Crippen LogP contribution in [0.3, 0.4) is 0 Å². The first-order valence-electron chi connectivity index (χ1n) is 9.41. The molecule has 2 atom stereocenters. The maximum Gasteiger partial charge on any atom is 0.312 e. The number of rotatable bonds is 9. The Morgan fingerprint density at radius 1 is 1.13 bits per heavy atom. The van der Waals surface area contributed by atoms with Crippen molar-refractivity contribution in [2.45, 2.75) is 31.8 Å². The van der Waals surface area contributed by atoms with Gasteiger partial charge in [0.15, 0.2) is 5.82 Å². The molecule has 160 valence electrons. The molecule has 0 aliphatic carbocycles. The van der Waals surface area contributed by atoms with Crippen LogP contribution in [0.4, 0.5) is 4.79 Å². The molecule has 2 unspecified atom stereocenters. The van der Waals surface area contributed by atoms with Crippen molar-refractivity contribution in [3.63, 3.8) is 0 Å². The average molecular weight is 432 g/mol. The number of hydrogen-bond donors (Lipinski definition) is 3. The summed E-state index contributed by atoms with van der Waals surface area (Å²) in [4.78, 5) is 16.0. The third-order valence-corrected chi connectivity index (χ3v) is 4.43. The van der Waals surface area contributed by atoms with Crippen LogP contribution in [0.2, 0.25) is 0 Å². The molecule has 3 rings (SSSR count). The van der Waals surface area contributed by atoms with E-state index in [1.807, 2.05) is 68.6 Å². The predicted molar refractivity (Wildman–Crippen MR) is 116 cm³/mol. The summed E-state index contributed by atoms with van der Waals surface area (Å²) < 4.78 is 11.2. The molecule has 3 aromatic rings. The van der Waals surface area contributed by atoms with E-state index in [4.69, 9.17) is 15.0 Å². The summed E-state index contributed by atoms with van der Waals surface area (Å²) in [7, 11) is 1.88. The van der Waals surface area contributed by atoms with Gasteiger partial charge < -0.3 is 25.6 Å². The lowest BCUT2D eigenvalue weighted by atomic mass is 10.0. The molecular weight excluding hydrogens is 406 g/mol. The minimum Gasteiger partial charge on any atom is -0.457 e. The van der Waals surface area contributed by atoms with Crippen molar-refractivity contribution >= 4 is 18.4 Å². The fourth-order valence-electron chi connectivity index (χ4n) is 2.85. The summed E-state index contributed by atoms with van der Waals surface area (Å²) in [5, 5.41) is 9.88. The minimum atomic E-state index is -0.632. The van der Waals surface area contributed by atoms with Crippen molar-refractivity contribution in [3.05, 3.63) is 71.9 Å². The van der Waals surface area contributed by atoms with Gasteiger partial charge in [-0.25, -0.2) is 4.79 Å². The van der Waals surface area contributed by atoms with Crippen molar-refractivity contribution in [2.24, 2.45) is 5.73 Å². The molecule has 30 heavy (non-hydrogen) atoms. The molecule has 4 N–H and O–H groups in total. The normalized spacial score (nSPS) is 12.5. The quantitative estimate of drug-likeness (QED) is 0.478. The van der Waals surface area contributed by atoms with Crippen LogP contribution in [-0.4, -0.2) is 29.3 Å². The van der Waals surface area contributed by atoms with E-state index in [2.05, 4.69) is 20.8 Å². The molecule has 1 heterocycles. The zero-order valence-corrected chi connectivity index (χ0v) is 17.7. The maximum absolute atomic E-state index is 11.5. The molecule has 2 aromatic carbocycles. The number of halogens is 1. The Labute approximate surface area is 181 Å². The summed E-state index contributed by atoms with van der Waals surface area (Å²) >= 11 is 0. The van der Waals surface area contributed by atoms with Gasteiger partial charge in [-0.05, 0) is 43.8 Å². The van der Waals surface area contributed by atoms with Crippen molar-refractivity contribution in [2.75, 3.05) is 7.05 Å². The minimum absolute atomic E-state index is 0. The predicted octanol–water partition coefficient (Wildman–Crippen LogP) is 3.39. The average Bonchev–Trinajstić information content (AvgIpc) is 3.15. The standard InChI is InChI=1S/C21H25N5O3.ClH/c1-14(23-2)11-19-25-20(29-26-19)13-18(24-21(22)27)15-7-6-10-17(12-15)28-16-8-4-3-5-9-16;/h3-10,12,14,18,23H,11,13H2,1-2H3,(H3,22,24,27);1H. The SMILES string of the molecule is CNC(C)Cc1noc(CC(NC(N)=O)c2cccc(Oc3ccccc3)c2)n1.Cl. The highest BCUT2D eigenvalue weighted by atomic mass is 35.5. The first-order chi connectivity index (χ1) is 14.0. The Morgan fingerprint density at radius 3 is 2.57 bits per heavy atom. The highest BCUT2D eigenvalue weighted by molar-refractivity contribution is 5.85. The lowest BCUT2D eigenvalue weighted by molar-refractivity contribution is 0.244. The molecule has 8 nitrogen and oxygen atoms in total. The van der Waals surface area contributed by atoms with Gasteiger partial charge in [-0.1, -0.05) is 35.5 Å². The number of nitrogens with one attached hydrogen (secondary N) is 2. The number of likely N-dealkylation sites (N-methyl/N-ethyl adjacent to an activating group) is 1. The van der Waals surface area contributed by atoms with E-state index in [0.29, 0.717) is 30.3 Å². The van der Waals surface area contributed by atoms with Crippen molar-refractivity contribution in [1.82, 2.24) is 20.8 Å². The number of carbonyl (C=O) groups excluding carboxylic acids is 1. The molecule has 0 aliphatic heterocycles. The topological polar surface area (TPSA) is 115 Å². The molecule has 2 amide bonds. The summed E-state index contributed by atoms with van der Waals surface area (Å²) in [5.74, 6) is 2.42. The number of amides is 2. The van der Waals surface area contributed by atoms with Crippen LogP contribution in [0, 0.1) is 0 Å². The van der Waals surface area contributed by atoms with Crippen LogP contribution < -0.4 is 21.1 Å². The maximum atomic E-state index is 11.5. The Morgan fingerprint density at radius 2 is 1.87 bits per heavy atom. The van der Waals surface area contributed by atoms with Gasteiger partial charge in [-0.3, -0.25) is 0 Å². The fraction of sp³-hybridized carbons (Fsp3) is 0.286. The Kier molecular flexibility index (Phi) is 8.64. The number of primary amides is 1. The summed E-state index contributed by atoms with van der Waals surface area (Å²) in [6.07, 6.45) is 0.965. The third-order valence-electron chi connectivity index (χ3n) is 4.43. The first-order valence-corrected chi connectivity index (χ1v) is 9.41. The van der Waals surface area contributed by atoms with Crippen molar-refractivity contribution < 1.29 is 14.1 Å². The van der Waals surface area contributed by atoms with Gasteiger partial charge >= 0.3 is 6.03 Å². The fourth-order valence-corrected chi connectivity index (χ4v) is 2.85. The van der Waals surface area contributed by atoms with Gasteiger partial charge in [-0.15, -0.1) is 12.4 Å². The summed E-state index contributed by atoms with van der Waals surface area (Å²) in [5.41, 5.74) is 6.20. The number of ether oxygens (including phenoxy) is 1. The van der Waals surface area contributed by atoms with Crippen LogP contribution in [0.25, 0.3) is 0 Å². The number of para-hydroxylation sites is 1. The molecule has 0 saturated carbocycles. The molecule has 0 radical (unpaired) electrons. The zero-order chi connectivity index (χ0) is 20.6. The van der Waals surface area contributed by atoms with Crippen LogP contribution in [0.5, 0.6) is 11.5 Å². The highest BCUT2D eigenvalue weighted by Crippen LogP contribution is 2.26. The Hall–Kier alpha value is -3.10. The molecule has 0 spiro atoms. The molecular formula is C21H26ClN5O3. The van der Waals surface area contributed by atoms with Gasteiger partial charge in [0.1, 0.15) is 11.5 Å². The number of carbonyl (C=O) groups is 1. The second kappa shape index (κ2) is 11.2. The first kappa shape index (κ1) is 23.2. The van der Waals surface area contributed by atoms with Gasteiger partial charge in [-0.2, -0.15) is 4.98 Å². The number of hydrogen-bond acceptors (Lipinski definition) is 6. The lowest BCUT2D eigenvalue weighted by Crippen LogP contribution is -2.34. The van der Waals surface area contributed by atoms with Gasteiger partial charge in [0.2, 0.25) is 5.89 Å². The second-order valence-corrected chi connectivity index (χ2v) is 6.75. The van der Waals surface area contributed by atoms with E-state index in [1.54, 1.807) is 0 Å². The number of nitrogens with zero attached hydrogens (tertiary/aromatic N) is 2. The van der Waals surface area contributed by atoms with Crippen molar-refractivity contribution in [3.8, 4) is 11.5 Å². The largest absolute Gasteiger partial charge is 0.457 e. The van der Waals surface area contributed by atoms with Crippen LogP contribution in [0.15, 0.2) is 59.1 Å². The van der Waals surface area contributed by atoms with E-state index < -0.39 is 12.1 Å². The third kappa shape index (κ3) is 6.75. The smallest absolute Gasteiger partial charge is 0.312 e. The Bertz CT molecular complexity index is 935. The second-order valence-electron chi connectivity index (χ2n) is 6.75. The molecule has 0 bridgehead atoms. The number of aromatic nitrogens is 2. The van der Waals surface area contributed by atoms with E-state index in [-0.39, 0.29) is 18.4 Å². The number of urea groups is 1. The van der Waals surface area contributed by atoms with E-state index in [9.17, 15) is 4.79 Å². The van der Waals surface area contributed by atoms with Gasteiger partial charge in [0, 0.05) is 12.5 Å². The van der Waals surface area contributed by atoms with Crippen molar-refractivity contribution in [1.29, 1.82) is 0 Å². The van der Waals surface area contributed by atoms with Gasteiger partial charge in [0.25, 0.3) is 0 Å². The van der Waals surface area contributed by atoms with Gasteiger partial charge in [0.05, 0.1) is 12.5 Å². The molecule has 9 heteroatoms. The summed E-state index contributed by atoms with van der Waals surface area (Å²) in [6, 6.07) is 16.1. The highest BCUT2D eigenvalue weighted by Gasteiger charge is 2.19. The van der Waals surface area contributed by atoms with E-state index >= 15 is 0 Å². The monoisotopic (exact) mass is 431 g/mol. The van der Waals surface area contributed by atoms with E-state index in [0.717, 1.165) is 11.3 Å². The van der Waals surface area contributed by atoms with E-state index in [1.165, 1.54) is 0 Å². The molecule has 1 aromatic heterocycles. The molecule has 0 fully saturated rings. The number of benzene rings is 2. The molecule has 0 saturated heterocycles.